The van der Waals surface area contributed by atoms with Crippen LogP contribution in [0.1, 0.15) is 15.9 Å². The number of benzene rings is 2. The van der Waals surface area contributed by atoms with Gasteiger partial charge in [0, 0.05) is 6.42 Å². The van der Waals surface area contributed by atoms with Crippen molar-refractivity contribution in [3.8, 4) is 0 Å². The predicted molar refractivity (Wildman–Crippen MR) is 84.8 cm³/mol. The first-order valence-corrected chi connectivity index (χ1v) is 7.26. The van der Waals surface area contributed by atoms with Crippen molar-refractivity contribution in [1.29, 1.82) is 0 Å². The van der Waals surface area contributed by atoms with Gasteiger partial charge in [0.2, 0.25) is 0 Å². The van der Waals surface area contributed by atoms with Crippen LogP contribution in [0.3, 0.4) is 0 Å². The number of methoxy groups -OCH3 is 1. The lowest BCUT2D eigenvalue weighted by Gasteiger charge is -2.17. The van der Waals surface area contributed by atoms with Gasteiger partial charge in [0.15, 0.2) is 0 Å². The van der Waals surface area contributed by atoms with Gasteiger partial charge < -0.3 is 10.1 Å². The second-order valence-electron chi connectivity index (χ2n) is 4.86. The fraction of sp³-hybridized carbons (Fsp3) is 0.176. The Morgan fingerprint density at radius 3 is 2.43 bits per heavy atom. The van der Waals surface area contributed by atoms with E-state index in [0.29, 0.717) is 5.56 Å². The average Bonchev–Trinajstić information content (AvgIpc) is 2.55. The molecule has 0 aliphatic rings. The summed E-state index contributed by atoms with van der Waals surface area (Å²) in [5, 5.41) is 2.88. The van der Waals surface area contributed by atoms with Gasteiger partial charge >= 0.3 is 5.97 Å². The molecule has 0 fully saturated rings. The fourth-order valence-electron chi connectivity index (χ4n) is 2.07. The summed E-state index contributed by atoms with van der Waals surface area (Å²) in [4.78, 5) is 24.2. The maximum atomic E-state index is 12.9. The largest absolute Gasteiger partial charge is 0.467 e. The molecule has 6 heteroatoms. The van der Waals surface area contributed by atoms with Crippen LogP contribution in [0.2, 0.25) is 5.02 Å². The van der Waals surface area contributed by atoms with Crippen molar-refractivity contribution in [2.24, 2.45) is 0 Å². The molecule has 1 N–H and O–H groups in total. The number of hydrogen-bond acceptors (Lipinski definition) is 3. The molecule has 0 aliphatic carbocycles. The highest BCUT2D eigenvalue weighted by molar-refractivity contribution is 6.33. The van der Waals surface area contributed by atoms with E-state index in [0.717, 1.165) is 0 Å². The van der Waals surface area contributed by atoms with Crippen LogP contribution in [0.5, 0.6) is 0 Å². The van der Waals surface area contributed by atoms with Crippen LogP contribution >= 0.6 is 11.6 Å². The highest BCUT2D eigenvalue weighted by atomic mass is 35.5. The molecule has 120 valence electrons. The summed E-state index contributed by atoms with van der Waals surface area (Å²) < 4.78 is 17.7. The first-order chi connectivity index (χ1) is 11.0. The third-order valence-electron chi connectivity index (χ3n) is 3.26. The average molecular weight is 336 g/mol. The maximum Gasteiger partial charge on any atom is 0.328 e. The highest BCUT2D eigenvalue weighted by Gasteiger charge is 2.23. The molecule has 0 aliphatic heterocycles. The zero-order chi connectivity index (χ0) is 16.8. The third-order valence-corrected chi connectivity index (χ3v) is 3.59. The summed E-state index contributed by atoms with van der Waals surface area (Å²) in [6.45, 7) is 0. The van der Waals surface area contributed by atoms with Gasteiger partial charge in [-0.15, -0.1) is 0 Å². The van der Waals surface area contributed by atoms with Gasteiger partial charge in [-0.2, -0.15) is 0 Å². The molecule has 0 saturated carbocycles. The van der Waals surface area contributed by atoms with Crippen molar-refractivity contribution in [1.82, 2.24) is 5.32 Å². The Bertz CT molecular complexity index is 703. The van der Waals surface area contributed by atoms with Crippen molar-refractivity contribution < 1.29 is 18.7 Å². The molecule has 0 spiro atoms. The van der Waals surface area contributed by atoms with Crippen LogP contribution < -0.4 is 5.32 Å². The first kappa shape index (κ1) is 17.0. The van der Waals surface area contributed by atoms with Crippen molar-refractivity contribution in [2.45, 2.75) is 12.5 Å². The molecule has 0 radical (unpaired) electrons. The number of ether oxygens (including phenoxy) is 1. The van der Waals surface area contributed by atoms with Gasteiger partial charge in [-0.05, 0) is 29.8 Å². The molecule has 0 heterocycles. The van der Waals surface area contributed by atoms with E-state index in [4.69, 9.17) is 16.3 Å². The Hall–Kier alpha value is -2.40. The van der Waals surface area contributed by atoms with E-state index in [9.17, 15) is 14.0 Å². The number of esters is 1. The number of halogens is 2. The zero-order valence-electron chi connectivity index (χ0n) is 12.4. The van der Waals surface area contributed by atoms with E-state index in [-0.39, 0.29) is 22.8 Å². The molecular formula is C17H15ClFNO3. The standard InChI is InChI=1S/C17H15ClFNO3/c1-23-17(22)15(10-11-6-8-12(19)9-7-11)20-16(21)13-4-2-3-5-14(13)18/h2-9,15H,10H2,1H3,(H,20,21)/t15-/m1/s1. The molecule has 2 aromatic carbocycles. The van der Waals surface area contributed by atoms with Gasteiger partial charge in [-0.1, -0.05) is 35.9 Å². The van der Waals surface area contributed by atoms with E-state index < -0.39 is 17.9 Å². The molecule has 0 unspecified atom stereocenters. The number of carbonyl (C=O) groups excluding carboxylic acids is 2. The predicted octanol–water partition coefficient (Wildman–Crippen LogP) is 2.99. The minimum Gasteiger partial charge on any atom is -0.467 e. The fourth-order valence-corrected chi connectivity index (χ4v) is 2.29. The molecule has 2 rings (SSSR count). The van der Waals surface area contributed by atoms with Crippen molar-refractivity contribution in [3.63, 3.8) is 0 Å². The summed E-state index contributed by atoms with van der Waals surface area (Å²) in [6, 6.07) is 11.3. The molecule has 0 saturated heterocycles. The number of rotatable bonds is 5. The summed E-state index contributed by atoms with van der Waals surface area (Å²) >= 11 is 5.97. The number of carbonyl (C=O) groups is 2. The molecule has 23 heavy (non-hydrogen) atoms. The van der Waals surface area contributed by atoms with Gasteiger partial charge in [0.1, 0.15) is 11.9 Å². The summed E-state index contributed by atoms with van der Waals surface area (Å²) in [5.41, 5.74) is 0.962. The van der Waals surface area contributed by atoms with Crippen LogP contribution in [-0.4, -0.2) is 25.0 Å². The van der Waals surface area contributed by atoms with Crippen LogP contribution in [0.25, 0.3) is 0 Å². The lowest BCUT2D eigenvalue weighted by atomic mass is 10.1. The second kappa shape index (κ2) is 7.74. The van der Waals surface area contributed by atoms with Crippen LogP contribution in [0.15, 0.2) is 48.5 Å². The van der Waals surface area contributed by atoms with E-state index in [1.807, 2.05) is 0 Å². The maximum absolute atomic E-state index is 12.9. The molecule has 0 bridgehead atoms. The monoisotopic (exact) mass is 335 g/mol. The summed E-state index contributed by atoms with van der Waals surface area (Å²) in [7, 11) is 1.24. The topological polar surface area (TPSA) is 55.4 Å². The Labute approximate surface area is 138 Å². The second-order valence-corrected chi connectivity index (χ2v) is 5.27. The summed E-state index contributed by atoms with van der Waals surface area (Å²) in [6.07, 6.45) is 0.184. The van der Waals surface area contributed by atoms with E-state index >= 15 is 0 Å². The summed E-state index contributed by atoms with van der Waals surface area (Å²) in [5.74, 6) is -1.44. The Morgan fingerprint density at radius 1 is 1.17 bits per heavy atom. The lowest BCUT2D eigenvalue weighted by molar-refractivity contribution is -0.142. The SMILES string of the molecule is COC(=O)[C@@H](Cc1ccc(F)cc1)NC(=O)c1ccccc1Cl. The van der Waals surface area contributed by atoms with E-state index in [1.165, 1.54) is 19.2 Å². The third kappa shape index (κ3) is 4.53. The van der Waals surface area contributed by atoms with Crippen LogP contribution in [-0.2, 0) is 16.0 Å². The number of amides is 1. The Kier molecular flexibility index (Phi) is 5.71. The van der Waals surface area contributed by atoms with E-state index in [2.05, 4.69) is 5.32 Å². The Balaban J connectivity index is 2.15. The molecule has 2 aromatic rings. The van der Waals surface area contributed by atoms with Gasteiger partial charge in [0.05, 0.1) is 17.7 Å². The first-order valence-electron chi connectivity index (χ1n) is 6.89. The smallest absolute Gasteiger partial charge is 0.328 e. The zero-order valence-corrected chi connectivity index (χ0v) is 13.1. The highest BCUT2D eigenvalue weighted by Crippen LogP contribution is 2.15. The van der Waals surface area contributed by atoms with Crippen LogP contribution in [0.4, 0.5) is 4.39 Å². The normalized spacial score (nSPS) is 11.6. The van der Waals surface area contributed by atoms with Crippen molar-refractivity contribution >= 4 is 23.5 Å². The van der Waals surface area contributed by atoms with Crippen molar-refractivity contribution in [3.05, 3.63) is 70.5 Å². The van der Waals surface area contributed by atoms with Gasteiger partial charge in [-0.3, -0.25) is 4.79 Å². The molecule has 0 aromatic heterocycles. The quantitative estimate of drug-likeness (QED) is 0.855. The molecule has 1 amide bonds. The minimum atomic E-state index is -0.894. The van der Waals surface area contributed by atoms with Gasteiger partial charge in [0.25, 0.3) is 5.91 Å². The van der Waals surface area contributed by atoms with Crippen LogP contribution in [0, 0.1) is 5.82 Å². The Morgan fingerprint density at radius 2 is 1.83 bits per heavy atom. The number of nitrogens with one attached hydrogen (secondary N) is 1. The van der Waals surface area contributed by atoms with E-state index in [1.54, 1.807) is 36.4 Å². The lowest BCUT2D eigenvalue weighted by Crippen LogP contribution is -2.43. The van der Waals surface area contributed by atoms with Crippen molar-refractivity contribution in [2.75, 3.05) is 7.11 Å². The minimum absolute atomic E-state index is 0.184. The molecule has 1 atom stereocenters. The molecular weight excluding hydrogens is 321 g/mol. The molecule has 4 nitrogen and oxygen atoms in total. The number of hydrogen-bond donors (Lipinski definition) is 1. The van der Waals surface area contributed by atoms with Gasteiger partial charge in [-0.25, -0.2) is 9.18 Å².